The van der Waals surface area contributed by atoms with Gasteiger partial charge in [0.25, 0.3) is 7.41 Å². The maximum atomic E-state index is 4.19. The zero-order chi connectivity index (χ0) is 9.78. The Balaban J connectivity index is 2.87. The van der Waals surface area contributed by atoms with E-state index in [2.05, 4.69) is 24.9 Å². The predicted octanol–water partition coefficient (Wildman–Crippen LogP) is 3.60. The van der Waals surface area contributed by atoms with E-state index in [0.717, 1.165) is 7.41 Å². The van der Waals surface area contributed by atoms with Gasteiger partial charge in [-0.2, -0.15) is 0 Å². The van der Waals surface area contributed by atoms with E-state index in [9.17, 15) is 0 Å². The summed E-state index contributed by atoms with van der Waals surface area (Å²) in [7, 11) is 0.941. The second-order valence-corrected chi connectivity index (χ2v) is 3.59. The van der Waals surface area contributed by atoms with E-state index in [0.29, 0.717) is 0 Å². The third-order valence-electron chi connectivity index (χ3n) is 2.25. The molecule has 0 saturated heterocycles. The van der Waals surface area contributed by atoms with Gasteiger partial charge in [0, 0.05) is 0 Å². The van der Waals surface area contributed by atoms with Gasteiger partial charge < -0.3 is 4.90 Å². The minimum Gasteiger partial charge on any atom is -0.358 e. The van der Waals surface area contributed by atoms with Crippen molar-refractivity contribution in [2.45, 2.75) is 65.1 Å². The highest BCUT2D eigenvalue weighted by molar-refractivity contribution is 6.32. The van der Waals surface area contributed by atoms with Crippen molar-refractivity contribution in [3.63, 3.8) is 0 Å². The molecule has 0 saturated carbocycles. The van der Waals surface area contributed by atoms with Crippen LogP contribution in [0.2, 0.25) is 6.82 Å². The van der Waals surface area contributed by atoms with Crippen molar-refractivity contribution in [2.24, 2.45) is 4.90 Å². The van der Waals surface area contributed by atoms with Crippen molar-refractivity contribution in [1.29, 1.82) is 0 Å². The summed E-state index contributed by atoms with van der Waals surface area (Å²) in [5.74, 6) is 0. The summed E-state index contributed by atoms with van der Waals surface area (Å²) in [5.41, 5.74) is 0. The number of hydrogen-bond acceptors (Lipinski definition) is 1. The number of unbranched alkanes of at least 4 members (excludes halogenated alkanes) is 7. The van der Waals surface area contributed by atoms with Crippen LogP contribution < -0.4 is 0 Å². The first-order chi connectivity index (χ1) is 6.41. The Morgan fingerprint density at radius 3 is 2.23 bits per heavy atom. The van der Waals surface area contributed by atoms with Crippen LogP contribution in [0.1, 0.15) is 58.3 Å². The largest absolute Gasteiger partial charge is 0.358 e. The SMILES string of the molecule is CB/N=C/CCCCCCCCC. The van der Waals surface area contributed by atoms with Crippen LogP contribution in [0, 0.1) is 0 Å². The molecule has 1 nitrogen and oxygen atoms in total. The molecule has 0 amide bonds. The standard InChI is InChI=1S/C11H24BN/c1-3-4-5-6-7-8-9-10-11-13-12-2/h11-12H,3-10H2,1-2H3/b13-11+. The number of hydrogen-bond donors (Lipinski definition) is 0. The highest BCUT2D eigenvalue weighted by Gasteiger charge is 1.89. The van der Waals surface area contributed by atoms with Crippen LogP contribution >= 0.6 is 0 Å². The smallest absolute Gasteiger partial charge is 0.258 e. The van der Waals surface area contributed by atoms with Crippen molar-refractivity contribution in [1.82, 2.24) is 0 Å². The Labute approximate surface area is 84.3 Å². The molecule has 0 aromatic heterocycles. The topological polar surface area (TPSA) is 12.4 Å². The fraction of sp³-hybridized carbons (Fsp3) is 0.909. The average Bonchev–Trinajstić information content (AvgIpc) is 2.16. The second kappa shape index (κ2) is 11.7. The quantitative estimate of drug-likeness (QED) is 0.293. The van der Waals surface area contributed by atoms with Gasteiger partial charge in [0.1, 0.15) is 0 Å². The van der Waals surface area contributed by atoms with Crippen molar-refractivity contribution in [3.8, 4) is 0 Å². The Hall–Kier alpha value is -0.265. The summed E-state index contributed by atoms with van der Waals surface area (Å²) in [6.45, 7) is 4.35. The lowest BCUT2D eigenvalue weighted by molar-refractivity contribution is 0.596. The molecule has 0 fully saturated rings. The van der Waals surface area contributed by atoms with E-state index < -0.39 is 0 Å². The van der Waals surface area contributed by atoms with Crippen LogP contribution in [0.4, 0.5) is 0 Å². The molecule has 0 rings (SSSR count). The monoisotopic (exact) mass is 181 g/mol. The molecule has 0 aliphatic rings. The fourth-order valence-corrected chi connectivity index (χ4v) is 1.41. The van der Waals surface area contributed by atoms with Crippen LogP contribution in [0.5, 0.6) is 0 Å². The van der Waals surface area contributed by atoms with Gasteiger partial charge in [0.05, 0.1) is 0 Å². The molecule has 13 heavy (non-hydrogen) atoms. The van der Waals surface area contributed by atoms with Gasteiger partial charge in [-0.1, -0.05) is 52.3 Å². The van der Waals surface area contributed by atoms with Crippen molar-refractivity contribution >= 4 is 13.6 Å². The third-order valence-corrected chi connectivity index (χ3v) is 2.25. The zero-order valence-corrected chi connectivity index (χ0v) is 9.39. The molecular weight excluding hydrogens is 157 g/mol. The first-order valence-corrected chi connectivity index (χ1v) is 5.90. The normalized spacial score (nSPS) is 10.9. The molecule has 76 valence electrons. The number of rotatable bonds is 9. The Morgan fingerprint density at radius 2 is 1.62 bits per heavy atom. The van der Waals surface area contributed by atoms with Gasteiger partial charge >= 0.3 is 0 Å². The zero-order valence-electron chi connectivity index (χ0n) is 9.39. The van der Waals surface area contributed by atoms with Crippen LogP contribution in [0.15, 0.2) is 4.90 Å². The molecule has 0 radical (unpaired) electrons. The summed E-state index contributed by atoms with van der Waals surface area (Å²) in [5, 5.41) is 0. The molecule has 0 atom stereocenters. The third kappa shape index (κ3) is 11.7. The van der Waals surface area contributed by atoms with E-state index in [1.165, 1.54) is 51.4 Å². The van der Waals surface area contributed by atoms with Crippen molar-refractivity contribution in [2.75, 3.05) is 0 Å². The van der Waals surface area contributed by atoms with Crippen LogP contribution in [0.25, 0.3) is 0 Å². The maximum absolute atomic E-state index is 4.19. The summed E-state index contributed by atoms with van der Waals surface area (Å²) >= 11 is 0. The Kier molecular flexibility index (Phi) is 11.5. The molecule has 0 unspecified atom stereocenters. The molecule has 0 aliphatic heterocycles. The highest BCUT2D eigenvalue weighted by Crippen LogP contribution is 2.07. The van der Waals surface area contributed by atoms with Gasteiger partial charge in [-0.15, -0.1) is 0 Å². The molecule has 2 heteroatoms. The summed E-state index contributed by atoms with van der Waals surface area (Å²) in [6, 6.07) is 0. The molecule has 0 aliphatic carbocycles. The summed E-state index contributed by atoms with van der Waals surface area (Å²) in [4.78, 5) is 4.19. The van der Waals surface area contributed by atoms with Crippen molar-refractivity contribution < 1.29 is 0 Å². The molecule has 0 heterocycles. The van der Waals surface area contributed by atoms with E-state index in [-0.39, 0.29) is 0 Å². The fourth-order valence-electron chi connectivity index (χ4n) is 1.41. The molecular formula is C11H24BN. The first kappa shape index (κ1) is 12.7. The van der Waals surface area contributed by atoms with Gasteiger partial charge in [-0.25, -0.2) is 0 Å². The molecule has 0 aromatic rings. The molecule has 0 bridgehead atoms. The summed E-state index contributed by atoms with van der Waals surface area (Å²) < 4.78 is 0. The molecule has 0 spiro atoms. The van der Waals surface area contributed by atoms with E-state index >= 15 is 0 Å². The maximum Gasteiger partial charge on any atom is 0.258 e. The average molecular weight is 181 g/mol. The lowest BCUT2D eigenvalue weighted by Gasteiger charge is -1.98. The van der Waals surface area contributed by atoms with E-state index in [4.69, 9.17) is 0 Å². The number of nitrogens with zero attached hydrogens (tertiary/aromatic N) is 1. The highest BCUT2D eigenvalue weighted by atomic mass is 14.6. The lowest BCUT2D eigenvalue weighted by Crippen LogP contribution is -1.82. The van der Waals surface area contributed by atoms with Crippen LogP contribution in [-0.2, 0) is 0 Å². The van der Waals surface area contributed by atoms with Gasteiger partial charge in [0.2, 0.25) is 0 Å². The van der Waals surface area contributed by atoms with Gasteiger partial charge in [-0.05, 0) is 19.1 Å². The predicted molar refractivity (Wildman–Crippen MR) is 64.1 cm³/mol. The van der Waals surface area contributed by atoms with Crippen LogP contribution in [0.3, 0.4) is 0 Å². The first-order valence-electron chi connectivity index (χ1n) is 5.90. The van der Waals surface area contributed by atoms with E-state index in [1.54, 1.807) is 0 Å². The Morgan fingerprint density at radius 1 is 1.00 bits per heavy atom. The van der Waals surface area contributed by atoms with Gasteiger partial charge in [-0.3, -0.25) is 0 Å². The minimum atomic E-state index is 0.941. The van der Waals surface area contributed by atoms with Crippen LogP contribution in [-0.4, -0.2) is 13.6 Å². The van der Waals surface area contributed by atoms with Crippen molar-refractivity contribution in [3.05, 3.63) is 0 Å². The van der Waals surface area contributed by atoms with E-state index in [1.807, 2.05) is 0 Å². The minimum absolute atomic E-state index is 0.941. The van der Waals surface area contributed by atoms with Gasteiger partial charge in [0.15, 0.2) is 0 Å². The Bertz CT molecular complexity index is 113. The lowest BCUT2D eigenvalue weighted by atomic mass is 10.0. The summed E-state index contributed by atoms with van der Waals surface area (Å²) in [6.07, 6.45) is 13.0. The second-order valence-electron chi connectivity index (χ2n) is 3.59. The molecule has 0 N–H and O–H groups in total. The molecule has 0 aromatic carbocycles.